The molecule has 154 valence electrons. The van der Waals surface area contributed by atoms with Crippen LogP contribution in [0.3, 0.4) is 0 Å². The van der Waals surface area contributed by atoms with Gasteiger partial charge >= 0.3 is 0 Å². The van der Waals surface area contributed by atoms with Crippen LogP contribution in [0, 0.1) is 11.8 Å². The molecule has 0 radical (unpaired) electrons. The van der Waals surface area contributed by atoms with E-state index in [1.807, 2.05) is 39.9 Å². The summed E-state index contributed by atoms with van der Waals surface area (Å²) in [5.74, 6) is 0.755. The minimum absolute atomic E-state index is 0.0478. The maximum absolute atomic E-state index is 12.8. The molecule has 2 heterocycles. The summed E-state index contributed by atoms with van der Waals surface area (Å²) >= 11 is 0. The van der Waals surface area contributed by atoms with Gasteiger partial charge in [0.1, 0.15) is 0 Å². The Bertz CT molecular complexity index is 827. The van der Waals surface area contributed by atoms with Crippen molar-refractivity contribution in [1.29, 1.82) is 0 Å². The van der Waals surface area contributed by atoms with E-state index in [1.165, 1.54) is 32.1 Å². The monoisotopic (exact) mass is 394 g/mol. The van der Waals surface area contributed by atoms with Crippen LogP contribution in [0.5, 0.6) is 0 Å². The molecule has 4 rings (SSSR count). The Balaban J connectivity index is 1.34. The van der Waals surface area contributed by atoms with E-state index in [4.69, 9.17) is 0 Å². The number of likely N-dealkylation sites (tertiary alicyclic amines) is 1. The molecule has 0 spiro atoms. The lowest BCUT2D eigenvalue weighted by Crippen LogP contribution is -2.47. The number of hydrogen-bond acceptors (Lipinski definition) is 3. The number of hydrogen-bond donors (Lipinski definition) is 1. The lowest BCUT2D eigenvalue weighted by atomic mass is 9.87. The summed E-state index contributed by atoms with van der Waals surface area (Å²) in [6.07, 6.45) is 12.8. The third-order valence-corrected chi connectivity index (χ3v) is 6.30. The first-order chi connectivity index (χ1) is 14.2. The first-order valence-corrected chi connectivity index (χ1v) is 10.8. The predicted molar refractivity (Wildman–Crippen MR) is 111 cm³/mol. The van der Waals surface area contributed by atoms with Crippen molar-refractivity contribution in [2.45, 2.75) is 51.5 Å². The Morgan fingerprint density at radius 3 is 2.76 bits per heavy atom. The number of rotatable bonds is 6. The number of benzene rings is 1. The Morgan fingerprint density at radius 1 is 1.14 bits per heavy atom. The van der Waals surface area contributed by atoms with Gasteiger partial charge in [0.25, 0.3) is 0 Å². The van der Waals surface area contributed by atoms with E-state index >= 15 is 0 Å². The smallest absolute Gasteiger partial charge is 0.225 e. The van der Waals surface area contributed by atoms with Crippen molar-refractivity contribution in [3.05, 3.63) is 48.5 Å². The number of para-hydroxylation sites is 1. The van der Waals surface area contributed by atoms with Crippen LogP contribution >= 0.6 is 0 Å². The van der Waals surface area contributed by atoms with Crippen LogP contribution in [-0.4, -0.2) is 39.4 Å². The molecule has 1 unspecified atom stereocenters. The van der Waals surface area contributed by atoms with E-state index < -0.39 is 0 Å². The van der Waals surface area contributed by atoms with Crippen LogP contribution in [0.4, 0.5) is 0 Å². The van der Waals surface area contributed by atoms with Crippen LogP contribution < -0.4 is 5.32 Å². The minimum Gasteiger partial charge on any atom is -0.352 e. The highest BCUT2D eigenvalue weighted by Crippen LogP contribution is 2.27. The molecular formula is C23H30N4O2. The summed E-state index contributed by atoms with van der Waals surface area (Å²) in [6, 6.07) is 8.01. The normalized spacial score (nSPS) is 20.6. The highest BCUT2D eigenvalue weighted by Gasteiger charge is 2.31. The van der Waals surface area contributed by atoms with Crippen LogP contribution in [-0.2, 0) is 16.1 Å². The Morgan fingerprint density at radius 2 is 1.97 bits per heavy atom. The van der Waals surface area contributed by atoms with E-state index in [0.29, 0.717) is 31.8 Å². The van der Waals surface area contributed by atoms with E-state index in [9.17, 15) is 9.59 Å². The summed E-state index contributed by atoms with van der Waals surface area (Å²) in [4.78, 5) is 31.3. The van der Waals surface area contributed by atoms with Crippen molar-refractivity contribution in [1.82, 2.24) is 19.8 Å². The molecule has 2 fully saturated rings. The standard InChI is InChI=1S/C23H30N4O2/c28-22-11-10-20(16-27(22)15-18-6-2-1-3-7-18)23(29)25-14-19-8-4-5-9-21(19)26-13-12-24-17-26/h4-5,8-9,12-13,17-18,20H,1-3,6-7,10-11,14-16H2,(H,25,29). The second-order valence-corrected chi connectivity index (χ2v) is 8.35. The number of nitrogens with one attached hydrogen (secondary N) is 1. The lowest BCUT2D eigenvalue weighted by molar-refractivity contribution is -0.139. The highest BCUT2D eigenvalue weighted by atomic mass is 16.2. The van der Waals surface area contributed by atoms with Gasteiger partial charge in [-0.1, -0.05) is 37.5 Å². The molecule has 6 heteroatoms. The fraction of sp³-hybridized carbons (Fsp3) is 0.522. The average molecular weight is 395 g/mol. The quantitative estimate of drug-likeness (QED) is 0.817. The lowest BCUT2D eigenvalue weighted by Gasteiger charge is -2.35. The van der Waals surface area contributed by atoms with Crippen molar-refractivity contribution < 1.29 is 9.59 Å². The van der Waals surface area contributed by atoms with E-state index in [1.54, 1.807) is 12.5 Å². The molecule has 2 aromatic rings. The molecule has 2 aliphatic rings. The number of imidazole rings is 1. The van der Waals surface area contributed by atoms with Gasteiger partial charge in [-0.25, -0.2) is 4.98 Å². The predicted octanol–water partition coefficient (Wildman–Crippen LogP) is 3.31. The maximum atomic E-state index is 12.8. The van der Waals surface area contributed by atoms with Crippen LogP contribution in [0.1, 0.15) is 50.5 Å². The van der Waals surface area contributed by atoms with E-state index in [-0.39, 0.29) is 17.7 Å². The fourth-order valence-electron chi connectivity index (χ4n) is 4.63. The first kappa shape index (κ1) is 19.7. The average Bonchev–Trinajstić information content (AvgIpc) is 3.29. The van der Waals surface area contributed by atoms with Gasteiger partial charge in [0.2, 0.25) is 11.8 Å². The summed E-state index contributed by atoms with van der Waals surface area (Å²) in [6.45, 7) is 1.86. The first-order valence-electron chi connectivity index (χ1n) is 10.8. The van der Waals surface area contributed by atoms with Crippen molar-refractivity contribution in [3.63, 3.8) is 0 Å². The SMILES string of the molecule is O=C(NCc1ccccc1-n1ccnc1)C1CCC(=O)N(CC2CCCCC2)C1. The van der Waals surface area contributed by atoms with Crippen molar-refractivity contribution in [3.8, 4) is 5.69 Å². The zero-order chi connectivity index (χ0) is 20.1. The third kappa shape index (κ3) is 4.86. The Kier molecular flexibility index (Phi) is 6.27. The second-order valence-electron chi connectivity index (χ2n) is 8.35. The minimum atomic E-state index is -0.114. The molecule has 1 saturated heterocycles. The van der Waals surface area contributed by atoms with Gasteiger partial charge in [0.15, 0.2) is 0 Å². The van der Waals surface area contributed by atoms with Crippen LogP contribution in [0.25, 0.3) is 5.69 Å². The van der Waals surface area contributed by atoms with Gasteiger partial charge in [0.05, 0.1) is 17.9 Å². The maximum Gasteiger partial charge on any atom is 0.225 e. The van der Waals surface area contributed by atoms with Crippen LogP contribution in [0.2, 0.25) is 0 Å². The summed E-state index contributed by atoms with van der Waals surface area (Å²) in [7, 11) is 0. The van der Waals surface area contributed by atoms with Gasteiger partial charge in [-0.15, -0.1) is 0 Å². The van der Waals surface area contributed by atoms with Crippen LogP contribution in [0.15, 0.2) is 43.0 Å². The molecule has 2 amide bonds. The Hall–Kier alpha value is -2.63. The Labute approximate surface area is 172 Å². The largest absolute Gasteiger partial charge is 0.352 e. The van der Waals surface area contributed by atoms with Gasteiger partial charge in [-0.2, -0.15) is 0 Å². The zero-order valence-corrected chi connectivity index (χ0v) is 16.9. The summed E-state index contributed by atoms with van der Waals surface area (Å²) < 4.78 is 1.95. The number of carbonyl (C=O) groups is 2. The van der Waals surface area contributed by atoms with Gasteiger partial charge in [-0.3, -0.25) is 9.59 Å². The molecule has 1 aromatic heterocycles. The molecule has 1 atom stereocenters. The highest BCUT2D eigenvalue weighted by molar-refractivity contribution is 5.83. The van der Waals surface area contributed by atoms with Crippen molar-refractivity contribution in [2.24, 2.45) is 11.8 Å². The third-order valence-electron chi connectivity index (χ3n) is 6.30. The van der Waals surface area contributed by atoms with Gasteiger partial charge in [0, 0.05) is 38.4 Å². The van der Waals surface area contributed by atoms with E-state index in [2.05, 4.69) is 10.3 Å². The molecule has 29 heavy (non-hydrogen) atoms. The molecule has 6 nitrogen and oxygen atoms in total. The summed E-state index contributed by atoms with van der Waals surface area (Å²) in [5, 5.41) is 3.10. The molecule has 1 N–H and O–H groups in total. The second kappa shape index (κ2) is 9.25. The van der Waals surface area contributed by atoms with Crippen molar-refractivity contribution >= 4 is 11.8 Å². The number of nitrogens with zero attached hydrogens (tertiary/aromatic N) is 3. The molecule has 1 aliphatic heterocycles. The number of carbonyl (C=O) groups excluding carboxylic acids is 2. The van der Waals surface area contributed by atoms with Gasteiger partial charge in [-0.05, 0) is 36.8 Å². The number of piperidine rings is 1. The molecule has 1 saturated carbocycles. The van der Waals surface area contributed by atoms with Crippen molar-refractivity contribution in [2.75, 3.05) is 13.1 Å². The fourth-order valence-corrected chi connectivity index (χ4v) is 4.63. The molecule has 0 bridgehead atoms. The number of amides is 2. The summed E-state index contributed by atoms with van der Waals surface area (Å²) in [5.41, 5.74) is 2.06. The molecule has 1 aromatic carbocycles. The topological polar surface area (TPSA) is 67.2 Å². The zero-order valence-electron chi connectivity index (χ0n) is 16.9. The number of aromatic nitrogens is 2. The molecule has 1 aliphatic carbocycles. The van der Waals surface area contributed by atoms with E-state index in [0.717, 1.165) is 17.8 Å². The van der Waals surface area contributed by atoms with Gasteiger partial charge < -0.3 is 14.8 Å². The molecular weight excluding hydrogens is 364 g/mol.